The SMILES string of the molecule is Cc1ccc(-c2cn(-c3ccc(C)cc3)nc2C(=O)c2ccccc2)cc1. The van der Waals surface area contributed by atoms with Crippen LogP contribution in [0.5, 0.6) is 0 Å². The number of aromatic nitrogens is 2. The Morgan fingerprint density at radius 3 is 2.00 bits per heavy atom. The average Bonchev–Trinajstić information content (AvgIpc) is 3.14. The molecule has 1 aromatic heterocycles. The van der Waals surface area contributed by atoms with Crippen LogP contribution in [0.1, 0.15) is 27.2 Å². The van der Waals surface area contributed by atoms with E-state index < -0.39 is 0 Å². The lowest BCUT2D eigenvalue weighted by Crippen LogP contribution is -2.05. The van der Waals surface area contributed by atoms with Gasteiger partial charge in [0.05, 0.1) is 5.69 Å². The molecule has 27 heavy (non-hydrogen) atoms. The number of ketones is 1. The van der Waals surface area contributed by atoms with E-state index in [1.165, 1.54) is 11.1 Å². The number of nitrogens with zero attached hydrogens (tertiary/aromatic N) is 2. The van der Waals surface area contributed by atoms with Gasteiger partial charge in [0.15, 0.2) is 0 Å². The average molecular weight is 352 g/mol. The number of carbonyl (C=O) groups is 1. The van der Waals surface area contributed by atoms with Crippen LogP contribution < -0.4 is 0 Å². The maximum absolute atomic E-state index is 13.1. The molecule has 0 amide bonds. The van der Waals surface area contributed by atoms with Crippen LogP contribution in [0.15, 0.2) is 85.1 Å². The van der Waals surface area contributed by atoms with Crippen molar-refractivity contribution in [2.24, 2.45) is 0 Å². The number of carbonyl (C=O) groups excluding carboxylic acids is 1. The Morgan fingerprint density at radius 2 is 1.37 bits per heavy atom. The van der Waals surface area contributed by atoms with Crippen LogP contribution in [0.4, 0.5) is 0 Å². The second-order valence-electron chi connectivity index (χ2n) is 6.73. The number of hydrogen-bond donors (Lipinski definition) is 0. The Hall–Kier alpha value is -3.46. The van der Waals surface area contributed by atoms with E-state index in [1.807, 2.05) is 72.9 Å². The third-order valence-corrected chi connectivity index (χ3v) is 4.63. The topological polar surface area (TPSA) is 34.9 Å². The maximum Gasteiger partial charge on any atom is 0.213 e. The normalized spacial score (nSPS) is 10.7. The molecule has 0 aliphatic rings. The van der Waals surface area contributed by atoms with E-state index in [-0.39, 0.29) is 5.78 Å². The molecule has 0 unspecified atom stereocenters. The lowest BCUT2D eigenvalue weighted by molar-refractivity contribution is 0.103. The molecule has 0 aliphatic heterocycles. The molecule has 3 nitrogen and oxygen atoms in total. The van der Waals surface area contributed by atoms with E-state index in [1.54, 1.807) is 4.68 Å². The number of rotatable bonds is 4. The first-order valence-electron chi connectivity index (χ1n) is 8.95. The molecule has 0 spiro atoms. The minimum Gasteiger partial charge on any atom is -0.287 e. The van der Waals surface area contributed by atoms with Gasteiger partial charge in [-0.25, -0.2) is 4.68 Å². The summed E-state index contributed by atoms with van der Waals surface area (Å²) in [5, 5.41) is 4.65. The molecule has 0 N–H and O–H groups in total. The Bertz CT molecular complexity index is 1080. The molecule has 4 rings (SSSR count). The molecule has 4 aromatic rings. The standard InChI is InChI=1S/C24H20N2O/c1-17-8-12-19(13-9-17)22-16-26(21-14-10-18(2)11-15-21)25-23(22)24(27)20-6-4-3-5-7-20/h3-16H,1-2H3. The fourth-order valence-corrected chi connectivity index (χ4v) is 3.04. The summed E-state index contributed by atoms with van der Waals surface area (Å²) in [5.74, 6) is -0.0722. The fraction of sp³-hybridized carbons (Fsp3) is 0.0833. The summed E-state index contributed by atoms with van der Waals surface area (Å²) in [7, 11) is 0. The van der Waals surface area contributed by atoms with E-state index in [4.69, 9.17) is 0 Å². The summed E-state index contributed by atoms with van der Waals surface area (Å²) < 4.78 is 1.78. The molecule has 0 saturated heterocycles. The van der Waals surface area contributed by atoms with Crippen molar-refractivity contribution in [3.8, 4) is 16.8 Å². The first kappa shape index (κ1) is 17.0. The first-order chi connectivity index (χ1) is 13.1. The highest BCUT2D eigenvalue weighted by atomic mass is 16.1. The van der Waals surface area contributed by atoms with Gasteiger partial charge in [-0.1, -0.05) is 77.9 Å². The van der Waals surface area contributed by atoms with Gasteiger partial charge in [-0.2, -0.15) is 5.10 Å². The van der Waals surface area contributed by atoms with Crippen molar-refractivity contribution in [3.63, 3.8) is 0 Å². The smallest absolute Gasteiger partial charge is 0.213 e. The molecule has 0 bridgehead atoms. The molecular weight excluding hydrogens is 332 g/mol. The van der Waals surface area contributed by atoms with Crippen molar-refractivity contribution in [2.45, 2.75) is 13.8 Å². The highest BCUT2D eigenvalue weighted by Crippen LogP contribution is 2.27. The molecule has 1 heterocycles. The fourth-order valence-electron chi connectivity index (χ4n) is 3.04. The number of hydrogen-bond acceptors (Lipinski definition) is 2. The second-order valence-corrected chi connectivity index (χ2v) is 6.73. The van der Waals surface area contributed by atoms with Gasteiger partial charge in [0, 0.05) is 17.3 Å². The van der Waals surface area contributed by atoms with Crippen LogP contribution in [-0.2, 0) is 0 Å². The molecule has 3 aromatic carbocycles. The van der Waals surface area contributed by atoms with Gasteiger partial charge in [0.25, 0.3) is 0 Å². The predicted molar refractivity (Wildman–Crippen MR) is 108 cm³/mol. The van der Waals surface area contributed by atoms with Gasteiger partial charge in [-0.3, -0.25) is 4.79 Å². The summed E-state index contributed by atoms with van der Waals surface area (Å²) in [4.78, 5) is 13.1. The third kappa shape index (κ3) is 3.44. The highest BCUT2D eigenvalue weighted by Gasteiger charge is 2.20. The summed E-state index contributed by atoms with van der Waals surface area (Å²) in [5.41, 5.74) is 6.22. The zero-order chi connectivity index (χ0) is 18.8. The van der Waals surface area contributed by atoms with Crippen LogP contribution in [0.25, 0.3) is 16.8 Å². The van der Waals surface area contributed by atoms with Gasteiger partial charge in [-0.15, -0.1) is 0 Å². The maximum atomic E-state index is 13.1. The van der Waals surface area contributed by atoms with E-state index in [0.717, 1.165) is 16.8 Å². The van der Waals surface area contributed by atoms with Crippen molar-refractivity contribution < 1.29 is 4.79 Å². The Balaban J connectivity index is 1.86. The van der Waals surface area contributed by atoms with Crippen molar-refractivity contribution in [2.75, 3.05) is 0 Å². The van der Waals surface area contributed by atoms with Crippen LogP contribution in [0.2, 0.25) is 0 Å². The van der Waals surface area contributed by atoms with Crippen LogP contribution in [0.3, 0.4) is 0 Å². The summed E-state index contributed by atoms with van der Waals surface area (Å²) in [6.45, 7) is 4.10. The zero-order valence-corrected chi connectivity index (χ0v) is 15.4. The van der Waals surface area contributed by atoms with E-state index in [2.05, 4.69) is 31.1 Å². The third-order valence-electron chi connectivity index (χ3n) is 4.63. The van der Waals surface area contributed by atoms with Gasteiger partial charge in [0.2, 0.25) is 5.78 Å². The molecule has 0 radical (unpaired) electrons. The zero-order valence-electron chi connectivity index (χ0n) is 15.4. The number of benzene rings is 3. The van der Waals surface area contributed by atoms with E-state index >= 15 is 0 Å². The van der Waals surface area contributed by atoms with Crippen molar-refractivity contribution in [1.82, 2.24) is 9.78 Å². The van der Waals surface area contributed by atoms with Crippen LogP contribution in [-0.4, -0.2) is 15.6 Å². The monoisotopic (exact) mass is 352 g/mol. The van der Waals surface area contributed by atoms with E-state index in [9.17, 15) is 4.79 Å². The summed E-state index contributed by atoms with van der Waals surface area (Å²) in [6.07, 6.45) is 1.94. The summed E-state index contributed by atoms with van der Waals surface area (Å²) in [6, 6.07) is 25.6. The highest BCUT2D eigenvalue weighted by molar-refractivity contribution is 6.11. The molecule has 0 fully saturated rings. The Kier molecular flexibility index (Phi) is 4.43. The molecule has 3 heteroatoms. The lowest BCUT2D eigenvalue weighted by Gasteiger charge is -2.03. The molecule has 0 aliphatic carbocycles. The van der Waals surface area contributed by atoms with Gasteiger partial charge in [-0.05, 0) is 31.5 Å². The lowest BCUT2D eigenvalue weighted by atomic mass is 10.00. The van der Waals surface area contributed by atoms with Gasteiger partial charge < -0.3 is 0 Å². The van der Waals surface area contributed by atoms with Crippen LogP contribution in [0, 0.1) is 13.8 Å². The van der Waals surface area contributed by atoms with Crippen molar-refractivity contribution >= 4 is 5.78 Å². The van der Waals surface area contributed by atoms with Gasteiger partial charge >= 0.3 is 0 Å². The molecule has 132 valence electrons. The largest absolute Gasteiger partial charge is 0.287 e. The van der Waals surface area contributed by atoms with Crippen molar-refractivity contribution in [1.29, 1.82) is 0 Å². The number of aryl methyl sites for hydroxylation is 2. The van der Waals surface area contributed by atoms with E-state index in [0.29, 0.717) is 11.3 Å². The predicted octanol–water partition coefficient (Wildman–Crippen LogP) is 5.39. The van der Waals surface area contributed by atoms with Crippen molar-refractivity contribution in [3.05, 3.63) is 107 Å². The van der Waals surface area contributed by atoms with Crippen LogP contribution >= 0.6 is 0 Å². The minimum atomic E-state index is -0.0722. The second kappa shape index (κ2) is 7.04. The summed E-state index contributed by atoms with van der Waals surface area (Å²) >= 11 is 0. The molecule has 0 saturated carbocycles. The Labute approximate surface area is 158 Å². The Morgan fingerprint density at radius 1 is 0.778 bits per heavy atom. The molecular formula is C24H20N2O. The molecule has 0 atom stereocenters. The minimum absolute atomic E-state index is 0.0722. The van der Waals surface area contributed by atoms with Gasteiger partial charge in [0.1, 0.15) is 5.69 Å². The first-order valence-corrected chi connectivity index (χ1v) is 8.95. The quantitative estimate of drug-likeness (QED) is 0.462.